The quantitative estimate of drug-likeness (QED) is 0.0457. The van der Waals surface area contributed by atoms with Gasteiger partial charge in [-0.2, -0.15) is 0 Å². The zero-order chi connectivity index (χ0) is 83.3. The van der Waals surface area contributed by atoms with Gasteiger partial charge >= 0.3 is 34.4 Å². The zero-order valence-electron chi connectivity index (χ0n) is 72.6. The summed E-state index contributed by atoms with van der Waals surface area (Å²) in [5.74, 6) is 5.02. The van der Waals surface area contributed by atoms with Crippen molar-refractivity contribution in [2.75, 3.05) is 0 Å². The van der Waals surface area contributed by atoms with Crippen molar-refractivity contribution < 1.29 is 54.3 Å². The van der Waals surface area contributed by atoms with Crippen molar-refractivity contribution in [1.29, 1.82) is 0 Å². The Balaban J connectivity index is 1.37. The van der Waals surface area contributed by atoms with E-state index in [0.29, 0.717) is 68.6 Å². The van der Waals surface area contributed by atoms with Crippen LogP contribution in [0.5, 0.6) is 69.0 Å². The Labute approximate surface area is 687 Å². The van der Waals surface area contributed by atoms with Gasteiger partial charge in [-0.25, -0.2) is 0 Å². The van der Waals surface area contributed by atoms with Crippen molar-refractivity contribution in [3.8, 4) is 80.1 Å². The first kappa shape index (κ1) is 87.9. The van der Waals surface area contributed by atoms with Crippen molar-refractivity contribution in [2.24, 2.45) is 0 Å². The molecular formula is C98H122O12P4. The summed E-state index contributed by atoms with van der Waals surface area (Å²) in [7, 11) is -10.1. The smallest absolute Gasteiger partial charge is 0.409 e. The Morgan fingerprint density at radius 2 is 0.395 bits per heavy atom. The van der Waals surface area contributed by atoms with Crippen LogP contribution in [0.4, 0.5) is 0 Å². The molecule has 114 heavy (non-hydrogen) atoms. The SMILES string of the molecule is CC(C)c1ccc(OP(Oc2ccc(C(C)(C)C)cc2C(C)(C)C)Oc2ccc(C(C)(C)C)cc2C(C)(C)C)c(-c2c(OP(Oc3ccc(C(C)(C)C)cc3C(C)(C)C)Oc3ccc(C(C)(C)C)cc3C(C)(C)C)ccc(C(C)C)c2OP(Oc2ccccc2)Oc2ccccc2)c1OP(Oc1ccccc1)Oc1ccccc1. The second-order valence-corrected chi connectivity index (χ2v) is 42.1. The molecule has 10 rings (SSSR count). The Bertz CT molecular complexity index is 4310. The predicted molar refractivity (Wildman–Crippen MR) is 476 cm³/mol. The van der Waals surface area contributed by atoms with Crippen LogP contribution >= 0.6 is 34.4 Å². The van der Waals surface area contributed by atoms with E-state index in [0.717, 1.165) is 55.6 Å². The van der Waals surface area contributed by atoms with Gasteiger partial charge in [-0.3, -0.25) is 0 Å². The lowest BCUT2D eigenvalue weighted by molar-refractivity contribution is 0.368. The van der Waals surface area contributed by atoms with Crippen LogP contribution in [0.15, 0.2) is 218 Å². The molecule has 16 heteroatoms. The fourth-order valence-electron chi connectivity index (χ4n) is 12.7. The molecule has 0 aliphatic carbocycles. The molecule has 0 aliphatic rings. The van der Waals surface area contributed by atoms with Gasteiger partial charge in [0.2, 0.25) is 0 Å². The van der Waals surface area contributed by atoms with Crippen molar-refractivity contribution in [2.45, 2.75) is 249 Å². The van der Waals surface area contributed by atoms with Crippen LogP contribution in [0.2, 0.25) is 0 Å². The van der Waals surface area contributed by atoms with Crippen molar-refractivity contribution in [1.82, 2.24) is 0 Å². The number of para-hydroxylation sites is 4. The molecule has 0 heterocycles. The lowest BCUT2D eigenvalue weighted by Gasteiger charge is -2.31. The standard InChI is InChI=1S/C98H122O12P4/c1-65(2)75-53-59-85(107-113(103-81-55-49-67(91(5,6)7)61-77(81)95(17,18)19)104-82-56-50-68(92(8,9)10)62-78(82)96(20,21)22)87(89(75)109-111(99-71-41-33-29-34-42-71)100-72-43-35-30-36-44-72)88-86(60-54-76(66(3)4)90(88)110-112(101-73-45-37-31-38-46-73)102-74-47-39-32-40-48-74)108-114(105-83-57-51-69(93(11,12)13)63-79(83)97(23,24)25)106-84-58-52-70(94(14,15)16)64-80(84)98(26,27)28/h29-66H,1-28H3. The minimum atomic E-state index is -2.58. The van der Waals surface area contributed by atoms with E-state index in [1.807, 2.05) is 146 Å². The van der Waals surface area contributed by atoms with Gasteiger partial charge in [-0.15, -0.1) is 0 Å². The van der Waals surface area contributed by atoms with Gasteiger partial charge in [0.25, 0.3) is 0 Å². The molecular weight excluding hydrogens is 1490 g/mol. The van der Waals surface area contributed by atoms with E-state index in [-0.39, 0.29) is 45.0 Å². The highest BCUT2D eigenvalue weighted by Gasteiger charge is 2.40. The molecule has 0 saturated carbocycles. The predicted octanol–water partition coefficient (Wildman–Crippen LogP) is 31.0. The maximum absolute atomic E-state index is 7.96. The zero-order valence-corrected chi connectivity index (χ0v) is 76.2. The molecule has 0 unspecified atom stereocenters. The highest BCUT2D eigenvalue weighted by Crippen LogP contribution is 2.62. The van der Waals surface area contributed by atoms with Gasteiger partial charge in [0, 0.05) is 22.3 Å². The number of hydrogen-bond acceptors (Lipinski definition) is 12. The van der Waals surface area contributed by atoms with Crippen LogP contribution in [-0.2, 0) is 43.3 Å². The van der Waals surface area contributed by atoms with Gasteiger partial charge in [0.1, 0.15) is 69.0 Å². The molecule has 0 amide bonds. The molecule has 0 N–H and O–H groups in total. The number of benzene rings is 10. The Kier molecular flexibility index (Phi) is 27.4. The molecule has 0 spiro atoms. The largest absolute Gasteiger partial charge is 0.530 e. The monoisotopic (exact) mass is 1610 g/mol. The van der Waals surface area contributed by atoms with Crippen LogP contribution < -0.4 is 54.3 Å². The number of rotatable bonds is 27. The highest BCUT2D eigenvalue weighted by atomic mass is 31.2. The van der Waals surface area contributed by atoms with E-state index in [2.05, 4.69) is 267 Å². The summed E-state index contributed by atoms with van der Waals surface area (Å²) in [6.45, 7) is 61.7. The first-order chi connectivity index (χ1) is 53.2. The molecule has 0 fully saturated rings. The molecule has 0 radical (unpaired) electrons. The summed E-state index contributed by atoms with van der Waals surface area (Å²) in [5.41, 5.74) is 8.20. The fourth-order valence-corrected chi connectivity index (χ4v) is 16.9. The highest BCUT2D eigenvalue weighted by molar-refractivity contribution is 7.44. The van der Waals surface area contributed by atoms with Gasteiger partial charge in [-0.05, 0) is 173 Å². The van der Waals surface area contributed by atoms with Crippen LogP contribution in [0.3, 0.4) is 0 Å². The van der Waals surface area contributed by atoms with E-state index in [9.17, 15) is 0 Å². The van der Waals surface area contributed by atoms with E-state index < -0.39 is 56.1 Å². The lowest BCUT2D eigenvalue weighted by Crippen LogP contribution is -2.19. The molecule has 0 saturated heterocycles. The van der Waals surface area contributed by atoms with Gasteiger partial charge in [-0.1, -0.05) is 327 Å². The number of hydrogen-bond donors (Lipinski definition) is 0. The molecule has 0 aliphatic heterocycles. The van der Waals surface area contributed by atoms with Crippen molar-refractivity contribution in [3.63, 3.8) is 0 Å². The second kappa shape index (κ2) is 35.5. The summed E-state index contributed by atoms with van der Waals surface area (Å²) >= 11 is 0. The Morgan fingerprint density at radius 3 is 0.588 bits per heavy atom. The van der Waals surface area contributed by atoms with E-state index in [1.165, 1.54) is 0 Å². The lowest BCUT2D eigenvalue weighted by atomic mass is 9.80. The summed E-state index contributed by atoms with van der Waals surface area (Å²) < 4.78 is 90.1. The Hall–Kier alpha value is -8.48. The van der Waals surface area contributed by atoms with Gasteiger partial charge in [0.15, 0.2) is 0 Å². The topological polar surface area (TPSA) is 111 Å². The summed E-state index contributed by atoms with van der Waals surface area (Å²) in [6, 6.07) is 72.0. The third kappa shape index (κ3) is 23.0. The van der Waals surface area contributed by atoms with E-state index in [4.69, 9.17) is 54.3 Å². The molecule has 0 atom stereocenters. The Morgan fingerprint density at radius 1 is 0.202 bits per heavy atom. The molecule has 10 aromatic rings. The third-order valence-electron chi connectivity index (χ3n) is 19.5. The maximum Gasteiger partial charge on any atom is 0.530 e. The van der Waals surface area contributed by atoms with Crippen molar-refractivity contribution >= 4 is 34.4 Å². The van der Waals surface area contributed by atoms with Crippen LogP contribution in [0.25, 0.3) is 11.1 Å². The first-order valence-corrected chi connectivity index (χ1v) is 44.1. The minimum Gasteiger partial charge on any atom is -0.409 e. The first-order valence-electron chi connectivity index (χ1n) is 39.7. The fraction of sp³-hybridized carbons (Fsp3) is 0.388. The minimum absolute atomic E-state index is 0.194. The normalized spacial score (nSPS) is 12.7. The van der Waals surface area contributed by atoms with Crippen LogP contribution in [0.1, 0.15) is 261 Å². The van der Waals surface area contributed by atoms with Gasteiger partial charge in [0.05, 0.1) is 11.1 Å². The summed E-state index contributed by atoms with van der Waals surface area (Å²) in [6.07, 6.45) is 0. The summed E-state index contributed by atoms with van der Waals surface area (Å²) in [5, 5.41) is 0. The molecule has 0 bridgehead atoms. The van der Waals surface area contributed by atoms with Crippen molar-refractivity contribution in [3.05, 3.63) is 274 Å². The van der Waals surface area contributed by atoms with Gasteiger partial charge < -0.3 is 54.3 Å². The molecule has 12 nitrogen and oxygen atoms in total. The van der Waals surface area contributed by atoms with Crippen LogP contribution in [0, 0.1) is 0 Å². The maximum atomic E-state index is 7.96. The molecule has 0 aromatic heterocycles. The van der Waals surface area contributed by atoms with E-state index >= 15 is 0 Å². The third-order valence-corrected chi connectivity index (χ3v) is 23.6. The van der Waals surface area contributed by atoms with E-state index in [1.54, 1.807) is 0 Å². The molecule has 606 valence electrons. The van der Waals surface area contributed by atoms with Crippen LogP contribution in [-0.4, -0.2) is 0 Å². The summed E-state index contributed by atoms with van der Waals surface area (Å²) in [4.78, 5) is 0. The molecule has 10 aromatic carbocycles. The average molecular weight is 1620 g/mol. The second-order valence-electron chi connectivity index (χ2n) is 38.1. The average Bonchev–Trinajstić information content (AvgIpc) is 0.744.